The fourth-order valence-corrected chi connectivity index (χ4v) is 1.76. The van der Waals surface area contributed by atoms with Crippen molar-refractivity contribution in [3.8, 4) is 5.88 Å². The van der Waals surface area contributed by atoms with Gasteiger partial charge in [-0.15, -0.1) is 0 Å². The van der Waals surface area contributed by atoms with E-state index in [9.17, 15) is 13.2 Å². The van der Waals surface area contributed by atoms with Crippen molar-refractivity contribution in [1.82, 2.24) is 9.97 Å². The van der Waals surface area contributed by atoms with Gasteiger partial charge in [0.1, 0.15) is 5.65 Å². The van der Waals surface area contributed by atoms with Crippen LogP contribution in [-0.2, 0) is 5.41 Å². The summed E-state index contributed by atoms with van der Waals surface area (Å²) < 4.78 is 41.6. The van der Waals surface area contributed by atoms with Crippen LogP contribution in [0, 0.1) is 0 Å². The number of fused-ring (bicyclic) bond motifs is 1. The van der Waals surface area contributed by atoms with Crippen LogP contribution >= 0.6 is 0 Å². The monoisotopic (exact) mass is 272 g/mol. The highest BCUT2D eigenvalue weighted by Gasteiger charge is 2.30. The Morgan fingerprint density at radius 2 is 1.95 bits per heavy atom. The smallest absolute Gasteiger partial charge is 0.422 e. The maximum absolute atomic E-state index is 12.3. The zero-order valence-corrected chi connectivity index (χ0v) is 10.9. The molecule has 0 aliphatic rings. The zero-order valence-electron chi connectivity index (χ0n) is 10.9. The van der Waals surface area contributed by atoms with E-state index >= 15 is 0 Å². The van der Waals surface area contributed by atoms with Crippen molar-refractivity contribution in [2.24, 2.45) is 0 Å². The Morgan fingerprint density at radius 1 is 1.26 bits per heavy atom. The maximum Gasteiger partial charge on any atom is 0.422 e. The normalized spacial score (nSPS) is 12.9. The lowest BCUT2D eigenvalue weighted by Crippen LogP contribution is -2.22. The predicted octanol–water partition coefficient (Wildman–Crippen LogP) is 3.80. The molecule has 2 rings (SSSR count). The van der Waals surface area contributed by atoms with Crippen molar-refractivity contribution in [3.63, 3.8) is 0 Å². The molecule has 0 fully saturated rings. The number of alkyl halides is 3. The summed E-state index contributed by atoms with van der Waals surface area (Å²) in [6.45, 7) is 4.38. The van der Waals surface area contributed by atoms with Crippen LogP contribution in [-0.4, -0.2) is 22.8 Å². The summed E-state index contributed by atoms with van der Waals surface area (Å²) in [6, 6.07) is 3.63. The van der Waals surface area contributed by atoms with Crippen molar-refractivity contribution < 1.29 is 17.9 Å². The van der Waals surface area contributed by atoms with Crippen molar-refractivity contribution in [3.05, 3.63) is 23.9 Å². The van der Waals surface area contributed by atoms with Gasteiger partial charge < -0.3 is 9.72 Å². The van der Waals surface area contributed by atoms with Crippen molar-refractivity contribution >= 4 is 11.0 Å². The largest absolute Gasteiger partial charge is 0.468 e. The zero-order chi connectivity index (χ0) is 14.3. The molecule has 0 radical (unpaired) electrons. The van der Waals surface area contributed by atoms with Crippen LogP contribution in [0.3, 0.4) is 0 Å². The number of rotatable bonds is 2. The third kappa shape index (κ3) is 3.19. The summed E-state index contributed by atoms with van der Waals surface area (Å²) in [6.07, 6.45) is -2.68. The van der Waals surface area contributed by atoms with Gasteiger partial charge in [-0.2, -0.15) is 18.2 Å². The van der Waals surface area contributed by atoms with Gasteiger partial charge in [-0.1, -0.05) is 20.8 Å². The highest BCUT2D eigenvalue weighted by atomic mass is 19.4. The molecular formula is C13H15F3N2O. The molecule has 0 amide bonds. The predicted molar refractivity (Wildman–Crippen MR) is 66.3 cm³/mol. The van der Waals surface area contributed by atoms with E-state index in [1.807, 2.05) is 32.9 Å². The van der Waals surface area contributed by atoms with E-state index in [0.29, 0.717) is 11.2 Å². The van der Waals surface area contributed by atoms with Crippen LogP contribution in [0.2, 0.25) is 0 Å². The van der Waals surface area contributed by atoms with E-state index in [1.165, 1.54) is 0 Å². The van der Waals surface area contributed by atoms with Crippen LogP contribution in [0.25, 0.3) is 11.0 Å². The van der Waals surface area contributed by atoms with Crippen LogP contribution in [0.15, 0.2) is 18.3 Å². The second-order valence-electron chi connectivity index (χ2n) is 5.41. The SMILES string of the molecule is CC(C)(C)c1cc2cc[nH]c2nc1OCC(F)(F)F. The van der Waals surface area contributed by atoms with Crippen LogP contribution < -0.4 is 4.74 Å². The van der Waals surface area contributed by atoms with E-state index in [0.717, 1.165) is 5.39 Å². The average Bonchev–Trinajstić information content (AvgIpc) is 2.69. The second kappa shape index (κ2) is 4.43. The Hall–Kier alpha value is -1.72. The number of aromatic nitrogens is 2. The fraction of sp³-hybridized carbons (Fsp3) is 0.462. The highest BCUT2D eigenvalue weighted by molar-refractivity contribution is 5.77. The minimum atomic E-state index is -4.37. The average molecular weight is 272 g/mol. The standard InChI is InChI=1S/C13H15F3N2O/c1-12(2,3)9-6-8-4-5-17-10(8)18-11(9)19-7-13(14,15)16/h4-6H,7H2,1-3H3,(H,17,18). The van der Waals surface area contributed by atoms with E-state index in [1.54, 1.807) is 6.20 Å². The van der Waals surface area contributed by atoms with Gasteiger partial charge in [-0.25, -0.2) is 0 Å². The molecule has 0 saturated heterocycles. The first-order valence-corrected chi connectivity index (χ1v) is 5.85. The Balaban J connectivity index is 2.44. The number of hydrogen-bond acceptors (Lipinski definition) is 2. The first-order chi connectivity index (χ1) is 8.67. The van der Waals surface area contributed by atoms with E-state index in [4.69, 9.17) is 4.74 Å². The number of hydrogen-bond donors (Lipinski definition) is 1. The molecule has 19 heavy (non-hydrogen) atoms. The van der Waals surface area contributed by atoms with Gasteiger partial charge in [0.2, 0.25) is 5.88 Å². The molecule has 0 spiro atoms. The van der Waals surface area contributed by atoms with Crippen LogP contribution in [0.1, 0.15) is 26.3 Å². The molecule has 0 atom stereocenters. The molecule has 6 heteroatoms. The number of halogens is 3. The van der Waals surface area contributed by atoms with E-state index in [-0.39, 0.29) is 11.3 Å². The molecular weight excluding hydrogens is 257 g/mol. The Morgan fingerprint density at radius 3 is 2.53 bits per heavy atom. The molecule has 0 saturated carbocycles. The summed E-state index contributed by atoms with van der Waals surface area (Å²) in [5.41, 5.74) is 0.827. The molecule has 2 aromatic heterocycles. The van der Waals surface area contributed by atoms with Gasteiger partial charge >= 0.3 is 6.18 Å². The maximum atomic E-state index is 12.3. The first kappa shape index (κ1) is 13.7. The Kier molecular flexibility index (Phi) is 3.20. The van der Waals surface area contributed by atoms with Crippen molar-refractivity contribution in [1.29, 1.82) is 0 Å². The molecule has 2 aromatic rings. The fourth-order valence-electron chi connectivity index (χ4n) is 1.76. The van der Waals surface area contributed by atoms with Gasteiger partial charge in [-0.05, 0) is 17.5 Å². The number of ether oxygens (including phenoxy) is 1. The lowest BCUT2D eigenvalue weighted by atomic mass is 9.87. The van der Waals surface area contributed by atoms with E-state index in [2.05, 4.69) is 9.97 Å². The van der Waals surface area contributed by atoms with E-state index < -0.39 is 12.8 Å². The molecule has 1 N–H and O–H groups in total. The molecule has 104 valence electrons. The van der Waals surface area contributed by atoms with Gasteiger partial charge in [-0.3, -0.25) is 0 Å². The number of nitrogens with one attached hydrogen (secondary N) is 1. The molecule has 0 aromatic carbocycles. The third-order valence-electron chi connectivity index (χ3n) is 2.68. The minimum absolute atomic E-state index is 0.0276. The summed E-state index contributed by atoms with van der Waals surface area (Å²) in [5.74, 6) is 0.0276. The van der Waals surface area contributed by atoms with Gasteiger partial charge in [0, 0.05) is 17.1 Å². The molecule has 0 unspecified atom stereocenters. The van der Waals surface area contributed by atoms with Crippen LogP contribution in [0.5, 0.6) is 5.88 Å². The summed E-state index contributed by atoms with van der Waals surface area (Å²) >= 11 is 0. The van der Waals surface area contributed by atoms with Crippen molar-refractivity contribution in [2.45, 2.75) is 32.4 Å². The first-order valence-electron chi connectivity index (χ1n) is 5.85. The van der Waals surface area contributed by atoms with Crippen LogP contribution in [0.4, 0.5) is 13.2 Å². The Bertz CT molecular complexity index is 582. The lowest BCUT2D eigenvalue weighted by Gasteiger charge is -2.22. The van der Waals surface area contributed by atoms with Gasteiger partial charge in [0.05, 0.1) is 0 Å². The lowest BCUT2D eigenvalue weighted by molar-refractivity contribution is -0.154. The molecule has 2 heterocycles. The molecule has 0 bridgehead atoms. The van der Waals surface area contributed by atoms with Crippen molar-refractivity contribution in [2.75, 3.05) is 6.61 Å². The number of pyridine rings is 1. The number of nitrogens with zero attached hydrogens (tertiary/aromatic N) is 1. The summed E-state index contributed by atoms with van der Waals surface area (Å²) in [5, 5.41) is 0.851. The number of H-pyrrole nitrogens is 1. The highest BCUT2D eigenvalue weighted by Crippen LogP contribution is 2.33. The molecule has 0 aliphatic heterocycles. The van der Waals surface area contributed by atoms with Gasteiger partial charge in [0.25, 0.3) is 0 Å². The second-order valence-corrected chi connectivity index (χ2v) is 5.41. The molecule has 0 aliphatic carbocycles. The summed E-state index contributed by atoms with van der Waals surface area (Å²) in [4.78, 5) is 6.99. The number of aromatic amines is 1. The summed E-state index contributed by atoms with van der Waals surface area (Å²) in [7, 11) is 0. The Labute approximate surface area is 108 Å². The van der Waals surface area contributed by atoms with Gasteiger partial charge in [0.15, 0.2) is 6.61 Å². The minimum Gasteiger partial charge on any atom is -0.468 e. The topological polar surface area (TPSA) is 37.9 Å². The third-order valence-corrected chi connectivity index (χ3v) is 2.68. The molecule has 3 nitrogen and oxygen atoms in total. The quantitative estimate of drug-likeness (QED) is 0.903.